The Kier molecular flexibility index (Phi) is 6.03. The summed E-state index contributed by atoms with van der Waals surface area (Å²) in [5.41, 5.74) is -0.137. The Labute approximate surface area is 139 Å². The van der Waals surface area contributed by atoms with E-state index < -0.39 is 17.5 Å². The van der Waals surface area contributed by atoms with Crippen LogP contribution in [-0.2, 0) is 4.79 Å². The van der Waals surface area contributed by atoms with E-state index in [0.29, 0.717) is 38.8 Å². The van der Waals surface area contributed by atoms with Crippen LogP contribution >= 0.6 is 0 Å². The van der Waals surface area contributed by atoms with Crippen LogP contribution in [0.25, 0.3) is 0 Å². The van der Waals surface area contributed by atoms with E-state index in [2.05, 4.69) is 11.9 Å². The average Bonchev–Trinajstić information content (AvgIpc) is 2.58. The van der Waals surface area contributed by atoms with Gasteiger partial charge in [-0.05, 0) is 19.1 Å². The second-order valence-electron chi connectivity index (χ2n) is 5.66. The number of amides is 2. The van der Waals surface area contributed by atoms with Gasteiger partial charge in [-0.1, -0.05) is 6.08 Å². The molecule has 1 aliphatic rings. The highest BCUT2D eigenvalue weighted by atomic mass is 19.1. The molecule has 1 N–H and O–H groups in total. The molecule has 0 aromatic heterocycles. The van der Waals surface area contributed by atoms with Gasteiger partial charge in [0.2, 0.25) is 5.91 Å². The Morgan fingerprint density at radius 3 is 2.54 bits per heavy atom. The average molecular weight is 337 g/mol. The Morgan fingerprint density at radius 2 is 1.96 bits per heavy atom. The van der Waals surface area contributed by atoms with Crippen molar-refractivity contribution >= 4 is 11.8 Å². The fourth-order valence-electron chi connectivity index (χ4n) is 2.63. The van der Waals surface area contributed by atoms with Crippen molar-refractivity contribution in [2.75, 3.05) is 32.7 Å². The molecule has 0 radical (unpaired) electrons. The van der Waals surface area contributed by atoms with E-state index in [1.807, 2.05) is 4.90 Å². The number of nitrogens with zero attached hydrogens (tertiary/aromatic N) is 2. The Bertz CT molecular complexity index is 628. The molecule has 2 rings (SSSR count). The van der Waals surface area contributed by atoms with E-state index in [9.17, 15) is 18.4 Å². The van der Waals surface area contributed by atoms with Gasteiger partial charge in [-0.3, -0.25) is 14.5 Å². The van der Waals surface area contributed by atoms with Crippen LogP contribution in [0, 0.1) is 11.6 Å². The van der Waals surface area contributed by atoms with Crippen LogP contribution < -0.4 is 5.32 Å². The molecule has 0 bridgehead atoms. The molecule has 0 spiro atoms. The lowest BCUT2D eigenvalue weighted by molar-refractivity contribution is -0.126. The number of hydrogen-bond acceptors (Lipinski definition) is 3. The third-order valence-electron chi connectivity index (χ3n) is 4.11. The lowest BCUT2D eigenvalue weighted by Crippen LogP contribution is -2.55. The minimum atomic E-state index is -0.861. The first-order chi connectivity index (χ1) is 11.4. The van der Waals surface area contributed by atoms with Crippen molar-refractivity contribution in [3.05, 3.63) is 48.1 Å². The maximum Gasteiger partial charge on any atom is 0.256 e. The highest BCUT2D eigenvalue weighted by Crippen LogP contribution is 2.15. The molecule has 1 aliphatic heterocycles. The van der Waals surface area contributed by atoms with Crippen molar-refractivity contribution in [3.8, 4) is 0 Å². The first-order valence-electron chi connectivity index (χ1n) is 7.81. The molecule has 5 nitrogen and oxygen atoms in total. The number of piperazine rings is 1. The van der Waals surface area contributed by atoms with Gasteiger partial charge in [-0.2, -0.15) is 0 Å². The molecular weight excluding hydrogens is 316 g/mol. The predicted molar refractivity (Wildman–Crippen MR) is 86.5 cm³/mol. The third kappa shape index (κ3) is 4.17. The molecule has 7 heteroatoms. The molecule has 1 aromatic rings. The monoisotopic (exact) mass is 337 g/mol. The number of carbonyl (C=O) groups excluding carboxylic acids is 2. The fourth-order valence-corrected chi connectivity index (χ4v) is 2.63. The molecular formula is C17H21F2N3O2. The van der Waals surface area contributed by atoms with E-state index in [-0.39, 0.29) is 17.5 Å². The van der Waals surface area contributed by atoms with Crippen molar-refractivity contribution in [2.45, 2.75) is 13.0 Å². The van der Waals surface area contributed by atoms with Crippen LogP contribution in [0.4, 0.5) is 8.78 Å². The standard InChI is InChI=1S/C17H21F2N3O2/c1-3-6-20-16(23)12(2)21-7-9-22(10-8-21)17(24)14-5-4-13(18)11-15(14)19/h3-5,11-12H,1,6-10H2,2H3,(H,20,23)/t12-/m1/s1. The lowest BCUT2D eigenvalue weighted by atomic mass is 10.1. The highest BCUT2D eigenvalue weighted by Gasteiger charge is 2.28. The molecule has 130 valence electrons. The van der Waals surface area contributed by atoms with Crippen molar-refractivity contribution in [2.24, 2.45) is 0 Å². The van der Waals surface area contributed by atoms with E-state index in [4.69, 9.17) is 0 Å². The quantitative estimate of drug-likeness (QED) is 0.827. The van der Waals surface area contributed by atoms with Gasteiger partial charge in [0.25, 0.3) is 5.91 Å². The zero-order valence-electron chi connectivity index (χ0n) is 13.6. The first kappa shape index (κ1) is 18.1. The molecule has 1 aromatic carbocycles. The van der Waals surface area contributed by atoms with Gasteiger partial charge < -0.3 is 10.2 Å². The molecule has 0 aliphatic carbocycles. The minimum absolute atomic E-state index is 0.0979. The molecule has 1 heterocycles. The maximum atomic E-state index is 13.7. The lowest BCUT2D eigenvalue weighted by Gasteiger charge is -2.37. The third-order valence-corrected chi connectivity index (χ3v) is 4.11. The molecule has 0 unspecified atom stereocenters. The number of hydrogen-bond donors (Lipinski definition) is 1. The van der Waals surface area contributed by atoms with Gasteiger partial charge in [-0.15, -0.1) is 6.58 Å². The largest absolute Gasteiger partial charge is 0.351 e. The molecule has 2 amide bonds. The zero-order valence-corrected chi connectivity index (χ0v) is 13.6. The van der Waals surface area contributed by atoms with Gasteiger partial charge in [0.1, 0.15) is 11.6 Å². The number of benzene rings is 1. The smallest absolute Gasteiger partial charge is 0.256 e. The summed E-state index contributed by atoms with van der Waals surface area (Å²) in [4.78, 5) is 27.8. The van der Waals surface area contributed by atoms with Crippen LogP contribution in [-0.4, -0.2) is 60.4 Å². The topological polar surface area (TPSA) is 52.7 Å². The molecule has 1 fully saturated rings. The summed E-state index contributed by atoms with van der Waals surface area (Å²) >= 11 is 0. The first-order valence-corrected chi connectivity index (χ1v) is 7.81. The van der Waals surface area contributed by atoms with Crippen molar-refractivity contribution in [3.63, 3.8) is 0 Å². The minimum Gasteiger partial charge on any atom is -0.351 e. The molecule has 24 heavy (non-hydrogen) atoms. The summed E-state index contributed by atoms with van der Waals surface area (Å²) < 4.78 is 26.7. The number of halogens is 2. The Morgan fingerprint density at radius 1 is 1.29 bits per heavy atom. The molecule has 1 atom stereocenters. The number of rotatable bonds is 5. The fraction of sp³-hybridized carbons (Fsp3) is 0.412. The van der Waals surface area contributed by atoms with E-state index in [1.165, 1.54) is 4.90 Å². The van der Waals surface area contributed by atoms with Gasteiger partial charge in [0, 0.05) is 38.8 Å². The normalized spacial score (nSPS) is 16.5. The summed E-state index contributed by atoms with van der Waals surface area (Å²) in [6.07, 6.45) is 1.61. The van der Waals surface area contributed by atoms with Crippen LogP contribution in [0.15, 0.2) is 30.9 Å². The second-order valence-corrected chi connectivity index (χ2v) is 5.66. The summed E-state index contributed by atoms with van der Waals surface area (Å²) in [5, 5.41) is 2.74. The zero-order chi connectivity index (χ0) is 17.7. The maximum absolute atomic E-state index is 13.7. The highest BCUT2D eigenvalue weighted by molar-refractivity contribution is 5.94. The summed E-state index contributed by atoms with van der Waals surface area (Å²) in [6.45, 7) is 7.55. The van der Waals surface area contributed by atoms with Crippen LogP contribution in [0.5, 0.6) is 0 Å². The Balaban J connectivity index is 1.93. The van der Waals surface area contributed by atoms with Crippen molar-refractivity contribution in [1.82, 2.24) is 15.1 Å². The summed E-state index contributed by atoms with van der Waals surface area (Å²) in [7, 11) is 0. The summed E-state index contributed by atoms with van der Waals surface area (Å²) in [5.74, 6) is -2.14. The molecule has 0 saturated carbocycles. The van der Waals surface area contributed by atoms with Crippen LogP contribution in [0.2, 0.25) is 0 Å². The number of carbonyl (C=O) groups is 2. The predicted octanol–water partition coefficient (Wildman–Crippen LogP) is 1.41. The van der Waals surface area contributed by atoms with E-state index in [1.54, 1.807) is 13.0 Å². The second kappa shape index (κ2) is 8.01. The van der Waals surface area contributed by atoms with Gasteiger partial charge in [0.05, 0.1) is 11.6 Å². The van der Waals surface area contributed by atoms with Crippen molar-refractivity contribution < 1.29 is 18.4 Å². The SMILES string of the molecule is C=CCNC(=O)[C@@H](C)N1CCN(C(=O)c2ccc(F)cc2F)CC1. The van der Waals surface area contributed by atoms with Crippen molar-refractivity contribution in [1.29, 1.82) is 0 Å². The van der Waals surface area contributed by atoms with Crippen LogP contribution in [0.1, 0.15) is 17.3 Å². The Hall–Kier alpha value is -2.28. The van der Waals surface area contributed by atoms with E-state index >= 15 is 0 Å². The van der Waals surface area contributed by atoms with Gasteiger partial charge in [-0.25, -0.2) is 8.78 Å². The van der Waals surface area contributed by atoms with Gasteiger partial charge >= 0.3 is 0 Å². The summed E-state index contributed by atoms with van der Waals surface area (Å²) in [6, 6.07) is 2.61. The van der Waals surface area contributed by atoms with Gasteiger partial charge in [0.15, 0.2) is 0 Å². The number of nitrogens with one attached hydrogen (secondary N) is 1. The van der Waals surface area contributed by atoms with E-state index in [0.717, 1.165) is 12.1 Å². The molecule has 1 saturated heterocycles. The van der Waals surface area contributed by atoms with Crippen LogP contribution in [0.3, 0.4) is 0 Å².